The predicted octanol–water partition coefficient (Wildman–Crippen LogP) is 3.24. The van der Waals surface area contributed by atoms with Gasteiger partial charge in [-0.2, -0.15) is 0 Å². The lowest BCUT2D eigenvalue weighted by atomic mass is 10.1. The number of hydrogen-bond acceptors (Lipinski definition) is 6. The summed E-state index contributed by atoms with van der Waals surface area (Å²) < 4.78 is 14.7. The zero-order valence-corrected chi connectivity index (χ0v) is 15.8. The van der Waals surface area contributed by atoms with Crippen molar-refractivity contribution in [2.24, 2.45) is 0 Å². The van der Waals surface area contributed by atoms with Crippen LogP contribution in [0.5, 0.6) is 5.75 Å². The Bertz CT molecular complexity index is 846. The third-order valence-electron chi connectivity index (χ3n) is 3.50. The lowest BCUT2D eigenvalue weighted by Gasteiger charge is -2.11. The van der Waals surface area contributed by atoms with Crippen molar-refractivity contribution in [2.75, 3.05) is 26.1 Å². The van der Waals surface area contributed by atoms with Crippen LogP contribution in [0, 0.1) is 6.92 Å². The van der Waals surface area contributed by atoms with E-state index in [0.717, 1.165) is 5.56 Å². The molecule has 7 nitrogen and oxygen atoms in total. The second-order valence-electron chi connectivity index (χ2n) is 5.55. The van der Waals surface area contributed by atoms with Crippen LogP contribution in [0.25, 0.3) is 0 Å². The van der Waals surface area contributed by atoms with Gasteiger partial charge in [0.05, 0.1) is 30.4 Å². The highest BCUT2D eigenvalue weighted by molar-refractivity contribution is 6.32. The van der Waals surface area contributed by atoms with E-state index in [1.54, 1.807) is 12.1 Å². The number of amides is 1. The molecule has 0 saturated heterocycles. The van der Waals surface area contributed by atoms with Crippen LogP contribution >= 0.6 is 11.6 Å². The Morgan fingerprint density at radius 2 is 1.56 bits per heavy atom. The SMILES string of the molecule is COC(=O)c1cc(NC(=O)COc2cc(C)ccc2Cl)cc(C(=O)OC)c1. The van der Waals surface area contributed by atoms with Crippen LogP contribution in [-0.2, 0) is 14.3 Å². The summed E-state index contributed by atoms with van der Waals surface area (Å²) in [7, 11) is 2.43. The number of carbonyl (C=O) groups excluding carboxylic acids is 3. The van der Waals surface area contributed by atoms with Crippen LogP contribution in [0.1, 0.15) is 26.3 Å². The second kappa shape index (κ2) is 9.05. The predicted molar refractivity (Wildman–Crippen MR) is 99.4 cm³/mol. The summed E-state index contributed by atoms with van der Waals surface area (Å²) in [6.07, 6.45) is 0. The number of ether oxygens (including phenoxy) is 3. The van der Waals surface area contributed by atoms with E-state index in [0.29, 0.717) is 10.8 Å². The van der Waals surface area contributed by atoms with Gasteiger partial charge >= 0.3 is 11.9 Å². The standard InChI is InChI=1S/C19H18ClNO6/c1-11-4-5-15(20)16(6-11)27-10-17(22)21-14-8-12(18(23)25-2)7-13(9-14)19(24)26-3/h4-9H,10H2,1-3H3,(H,21,22). The first-order valence-electron chi connectivity index (χ1n) is 7.84. The number of esters is 2. The molecule has 1 amide bonds. The number of methoxy groups -OCH3 is 2. The van der Waals surface area contributed by atoms with Gasteiger partial charge < -0.3 is 19.5 Å². The summed E-state index contributed by atoms with van der Waals surface area (Å²) in [6.45, 7) is 1.56. The Kier molecular flexibility index (Phi) is 6.79. The van der Waals surface area contributed by atoms with Gasteiger partial charge in [0, 0.05) is 5.69 Å². The fraction of sp³-hybridized carbons (Fsp3) is 0.211. The Labute approximate surface area is 161 Å². The highest BCUT2D eigenvalue weighted by Gasteiger charge is 2.15. The number of anilines is 1. The van der Waals surface area contributed by atoms with E-state index in [-0.39, 0.29) is 23.4 Å². The van der Waals surface area contributed by atoms with Crippen LogP contribution in [0.4, 0.5) is 5.69 Å². The second-order valence-corrected chi connectivity index (χ2v) is 5.96. The molecule has 0 aliphatic carbocycles. The lowest BCUT2D eigenvalue weighted by molar-refractivity contribution is -0.118. The highest BCUT2D eigenvalue weighted by atomic mass is 35.5. The van der Waals surface area contributed by atoms with Crippen molar-refractivity contribution in [1.29, 1.82) is 0 Å². The molecule has 0 aliphatic rings. The fourth-order valence-electron chi connectivity index (χ4n) is 2.23. The van der Waals surface area contributed by atoms with E-state index < -0.39 is 17.8 Å². The van der Waals surface area contributed by atoms with E-state index >= 15 is 0 Å². The van der Waals surface area contributed by atoms with Gasteiger partial charge in [0.25, 0.3) is 5.91 Å². The van der Waals surface area contributed by atoms with Crippen LogP contribution in [0.2, 0.25) is 5.02 Å². The van der Waals surface area contributed by atoms with Gasteiger partial charge in [0.1, 0.15) is 5.75 Å². The maximum absolute atomic E-state index is 12.2. The van der Waals surface area contributed by atoms with Crippen molar-refractivity contribution in [2.45, 2.75) is 6.92 Å². The van der Waals surface area contributed by atoms with Gasteiger partial charge in [-0.1, -0.05) is 17.7 Å². The molecule has 8 heteroatoms. The highest BCUT2D eigenvalue weighted by Crippen LogP contribution is 2.25. The Morgan fingerprint density at radius 1 is 0.963 bits per heavy atom. The van der Waals surface area contributed by atoms with Gasteiger partial charge in [-0.25, -0.2) is 9.59 Å². The van der Waals surface area contributed by atoms with E-state index in [1.807, 2.05) is 13.0 Å². The van der Waals surface area contributed by atoms with E-state index in [9.17, 15) is 14.4 Å². The smallest absolute Gasteiger partial charge is 0.337 e. The van der Waals surface area contributed by atoms with E-state index in [1.165, 1.54) is 32.4 Å². The Balaban J connectivity index is 2.15. The first kappa shape index (κ1) is 20.3. The number of rotatable bonds is 6. The molecule has 0 heterocycles. The molecule has 0 spiro atoms. The Morgan fingerprint density at radius 3 is 2.11 bits per heavy atom. The molecule has 1 N–H and O–H groups in total. The first-order chi connectivity index (χ1) is 12.8. The zero-order valence-electron chi connectivity index (χ0n) is 15.0. The summed E-state index contributed by atoms with van der Waals surface area (Å²) in [4.78, 5) is 35.7. The molecule has 0 bridgehead atoms. The summed E-state index contributed by atoms with van der Waals surface area (Å²) in [5, 5.41) is 2.95. The van der Waals surface area contributed by atoms with Gasteiger partial charge in [0.2, 0.25) is 0 Å². The van der Waals surface area contributed by atoms with Crippen molar-refractivity contribution in [1.82, 2.24) is 0 Å². The molecule has 2 aromatic carbocycles. The minimum Gasteiger partial charge on any atom is -0.482 e. The number of carbonyl (C=O) groups is 3. The van der Waals surface area contributed by atoms with Gasteiger partial charge in [0.15, 0.2) is 6.61 Å². The lowest BCUT2D eigenvalue weighted by Crippen LogP contribution is -2.21. The monoisotopic (exact) mass is 391 g/mol. The maximum atomic E-state index is 12.2. The minimum absolute atomic E-state index is 0.0957. The van der Waals surface area contributed by atoms with Gasteiger partial charge in [-0.3, -0.25) is 4.79 Å². The molecule has 2 aromatic rings. The van der Waals surface area contributed by atoms with Crippen molar-refractivity contribution >= 4 is 35.1 Å². The third-order valence-corrected chi connectivity index (χ3v) is 3.82. The average Bonchev–Trinajstić information content (AvgIpc) is 2.67. The van der Waals surface area contributed by atoms with Gasteiger partial charge in [-0.05, 0) is 42.8 Å². The summed E-state index contributed by atoms with van der Waals surface area (Å²) in [5.74, 6) is -1.42. The average molecular weight is 392 g/mol. The number of hydrogen-bond donors (Lipinski definition) is 1. The molecule has 0 saturated carbocycles. The van der Waals surface area contributed by atoms with Crippen LogP contribution in [0.15, 0.2) is 36.4 Å². The van der Waals surface area contributed by atoms with Crippen molar-refractivity contribution < 1.29 is 28.6 Å². The molecule has 2 rings (SSSR count). The molecule has 0 fully saturated rings. The molecular weight excluding hydrogens is 374 g/mol. The van der Waals surface area contributed by atoms with Crippen LogP contribution in [-0.4, -0.2) is 38.7 Å². The number of aryl methyl sites for hydroxylation is 1. The van der Waals surface area contributed by atoms with Crippen LogP contribution in [0.3, 0.4) is 0 Å². The summed E-state index contributed by atoms with van der Waals surface area (Å²) in [6, 6.07) is 9.29. The molecule has 0 aliphatic heterocycles. The van der Waals surface area contributed by atoms with Crippen molar-refractivity contribution in [3.05, 3.63) is 58.1 Å². The molecule has 0 unspecified atom stereocenters. The van der Waals surface area contributed by atoms with Crippen molar-refractivity contribution in [3.8, 4) is 5.75 Å². The maximum Gasteiger partial charge on any atom is 0.337 e. The van der Waals surface area contributed by atoms with Crippen molar-refractivity contribution in [3.63, 3.8) is 0 Å². The normalized spacial score (nSPS) is 10.1. The molecule has 27 heavy (non-hydrogen) atoms. The topological polar surface area (TPSA) is 90.9 Å². The zero-order chi connectivity index (χ0) is 20.0. The molecule has 142 valence electrons. The molecule has 0 atom stereocenters. The number of benzene rings is 2. The Hall–Kier alpha value is -3.06. The fourth-order valence-corrected chi connectivity index (χ4v) is 2.40. The molecular formula is C19H18ClNO6. The first-order valence-corrected chi connectivity index (χ1v) is 8.22. The van der Waals surface area contributed by atoms with Gasteiger partial charge in [-0.15, -0.1) is 0 Å². The quantitative estimate of drug-likeness (QED) is 0.760. The third kappa shape index (κ3) is 5.46. The van der Waals surface area contributed by atoms with E-state index in [4.69, 9.17) is 16.3 Å². The summed E-state index contributed by atoms with van der Waals surface area (Å²) >= 11 is 6.02. The van der Waals surface area contributed by atoms with Crippen LogP contribution < -0.4 is 10.1 Å². The number of halogens is 1. The summed E-state index contributed by atoms with van der Waals surface area (Å²) in [5.41, 5.74) is 1.35. The molecule has 0 radical (unpaired) electrons. The number of nitrogens with one attached hydrogen (secondary N) is 1. The largest absolute Gasteiger partial charge is 0.482 e. The minimum atomic E-state index is -0.654. The van der Waals surface area contributed by atoms with E-state index in [2.05, 4.69) is 14.8 Å². The molecule has 0 aromatic heterocycles.